The van der Waals surface area contributed by atoms with Crippen molar-refractivity contribution in [2.24, 2.45) is 0 Å². The molecule has 0 bridgehead atoms. The number of hydrogen-bond donors (Lipinski definition) is 0. The summed E-state index contributed by atoms with van der Waals surface area (Å²) in [5.74, 6) is 0. The van der Waals surface area contributed by atoms with Gasteiger partial charge in [-0.15, -0.1) is 0 Å². The van der Waals surface area contributed by atoms with Gasteiger partial charge in [-0.1, -0.05) is 164 Å². The maximum Gasteiger partial charge on any atom is 0.0727 e. The van der Waals surface area contributed by atoms with Crippen LogP contribution in [0.25, 0.3) is 33.4 Å². The van der Waals surface area contributed by atoms with Gasteiger partial charge in [0.15, 0.2) is 0 Å². The minimum absolute atomic E-state index is 0.0831. The van der Waals surface area contributed by atoms with Gasteiger partial charge in [0, 0.05) is 34.0 Å². The molecule has 0 heterocycles. The van der Waals surface area contributed by atoms with Crippen LogP contribution in [0.5, 0.6) is 0 Å². The molecule has 9 aromatic carbocycles. The summed E-state index contributed by atoms with van der Waals surface area (Å²) in [4.78, 5) is 4.17. The van der Waals surface area contributed by atoms with Crippen LogP contribution in [-0.2, 0) is 5.41 Å². The summed E-state index contributed by atoms with van der Waals surface area (Å²) >= 11 is 0. The fourth-order valence-corrected chi connectivity index (χ4v) is 9.27. The smallest absolute Gasteiger partial charge is 0.0727 e. The third-order valence-electron chi connectivity index (χ3n) is 11.5. The highest BCUT2D eigenvalue weighted by molar-refractivity contribution is 5.98. The molecule has 2 nitrogen and oxygen atoms in total. The molecule has 1 unspecified atom stereocenters. The summed E-state index contributed by atoms with van der Waals surface area (Å²) in [6.45, 7) is 0. The van der Waals surface area contributed by atoms with E-state index in [9.17, 15) is 2.74 Å². The Morgan fingerprint density at radius 1 is 0.316 bits per heavy atom. The van der Waals surface area contributed by atoms with E-state index in [-0.39, 0.29) is 29.9 Å². The Bertz CT molecular complexity index is 3130. The number of nitrogens with zero attached hydrogens (tertiary/aromatic N) is 2. The van der Waals surface area contributed by atoms with E-state index in [1.54, 1.807) is 0 Å². The fraction of sp³-hybridized carbons (Fsp3) is 0.0182. The fourth-order valence-electron chi connectivity index (χ4n) is 9.27. The van der Waals surface area contributed by atoms with Crippen LogP contribution < -0.4 is 9.80 Å². The van der Waals surface area contributed by atoms with E-state index >= 15 is 0 Å². The lowest BCUT2D eigenvalue weighted by atomic mass is 9.70. The van der Waals surface area contributed by atoms with Crippen LogP contribution in [0.2, 0.25) is 0 Å². The van der Waals surface area contributed by atoms with E-state index in [1.807, 2.05) is 77.7 Å². The molecule has 0 aliphatic heterocycles. The monoisotopic (exact) mass is 731 g/mol. The molecule has 9 aromatic rings. The number of fused-ring (bicyclic) bond motifs is 10. The standard InChI is InChI=1S/C55H38N2/c1-5-19-39(20-6-1)45-27-15-18-32-54(45)57(42-25-11-4-12-26-42)44-34-36-49-47-29-14-17-31-51(47)55(53(49)38-44)50-30-16-13-28-46(50)48-35-33-43(37-52(48)55)56(40-21-7-2-8-22-40)41-23-9-3-10-24-41/h1-38H/i4D,11D,12D,25D,26D. The SMILES string of the molecule is [2H]c1c([2H])c([2H])c(N(c2ccc3c(c2)C2(c4ccccc4-c4ccc(N(c5ccccc5)c5ccccc5)cc42)c2ccccc2-3)c2ccccc2-c2ccccc2)c([2H])c1[2H]. The van der Waals surface area contributed by atoms with Crippen LogP contribution in [0, 0.1) is 0 Å². The summed E-state index contributed by atoms with van der Waals surface area (Å²) in [6, 6.07) is 67.6. The second-order valence-corrected chi connectivity index (χ2v) is 14.5. The van der Waals surface area contributed by atoms with Crippen LogP contribution in [0.1, 0.15) is 29.1 Å². The third-order valence-corrected chi connectivity index (χ3v) is 11.5. The normalized spacial score (nSPS) is 15.6. The molecule has 0 N–H and O–H groups in total. The Morgan fingerprint density at radius 2 is 0.754 bits per heavy atom. The van der Waals surface area contributed by atoms with Crippen LogP contribution in [0.15, 0.2) is 230 Å². The molecule has 0 amide bonds. The van der Waals surface area contributed by atoms with Gasteiger partial charge in [0.2, 0.25) is 0 Å². The first-order chi connectivity index (χ1) is 30.4. The van der Waals surface area contributed by atoms with Gasteiger partial charge in [0.25, 0.3) is 0 Å². The Balaban J connectivity index is 1.22. The molecule has 2 aliphatic rings. The van der Waals surface area contributed by atoms with E-state index in [0.29, 0.717) is 11.4 Å². The van der Waals surface area contributed by atoms with Gasteiger partial charge in [0.1, 0.15) is 0 Å². The van der Waals surface area contributed by atoms with Gasteiger partial charge < -0.3 is 9.80 Å². The average molecular weight is 732 g/mol. The van der Waals surface area contributed by atoms with Crippen LogP contribution in [-0.4, -0.2) is 0 Å². The molecule has 1 spiro atoms. The molecule has 57 heavy (non-hydrogen) atoms. The van der Waals surface area contributed by atoms with E-state index in [2.05, 4.69) is 132 Å². The van der Waals surface area contributed by atoms with Crippen LogP contribution in [0.3, 0.4) is 0 Å². The summed E-state index contributed by atoms with van der Waals surface area (Å²) in [6.07, 6.45) is 0. The molecule has 2 heteroatoms. The van der Waals surface area contributed by atoms with Crippen molar-refractivity contribution in [3.8, 4) is 33.4 Å². The van der Waals surface area contributed by atoms with E-state index in [4.69, 9.17) is 4.11 Å². The quantitative estimate of drug-likeness (QED) is 0.161. The van der Waals surface area contributed by atoms with Crippen molar-refractivity contribution in [1.82, 2.24) is 0 Å². The second kappa shape index (κ2) is 13.4. The number of para-hydroxylation sites is 4. The Morgan fingerprint density at radius 3 is 1.32 bits per heavy atom. The van der Waals surface area contributed by atoms with Gasteiger partial charge >= 0.3 is 0 Å². The topological polar surface area (TPSA) is 6.48 Å². The highest BCUT2D eigenvalue weighted by atomic mass is 15.1. The molecule has 11 rings (SSSR count). The first-order valence-electron chi connectivity index (χ1n) is 21.8. The second-order valence-electron chi connectivity index (χ2n) is 14.5. The minimum Gasteiger partial charge on any atom is -0.310 e. The van der Waals surface area contributed by atoms with Crippen molar-refractivity contribution in [3.63, 3.8) is 0 Å². The lowest BCUT2D eigenvalue weighted by Gasteiger charge is -2.33. The van der Waals surface area contributed by atoms with Gasteiger partial charge in [-0.25, -0.2) is 0 Å². The lowest BCUT2D eigenvalue weighted by Crippen LogP contribution is -2.26. The van der Waals surface area contributed by atoms with E-state index in [1.165, 1.54) is 11.1 Å². The van der Waals surface area contributed by atoms with Crippen molar-refractivity contribution in [1.29, 1.82) is 0 Å². The van der Waals surface area contributed by atoms with Gasteiger partial charge in [0.05, 0.1) is 18.0 Å². The van der Waals surface area contributed by atoms with E-state index < -0.39 is 11.5 Å². The molecule has 0 saturated heterocycles. The molecule has 1 atom stereocenters. The first kappa shape index (κ1) is 28.1. The molecule has 0 radical (unpaired) electrons. The highest BCUT2D eigenvalue weighted by Gasteiger charge is 2.52. The number of rotatable bonds is 7. The number of hydrogen-bond acceptors (Lipinski definition) is 2. The molecular formula is C55H38N2. The molecule has 0 fully saturated rings. The van der Waals surface area contributed by atoms with Crippen LogP contribution in [0.4, 0.5) is 34.1 Å². The maximum absolute atomic E-state index is 9.34. The van der Waals surface area contributed by atoms with Crippen molar-refractivity contribution in [2.75, 3.05) is 9.80 Å². The highest BCUT2D eigenvalue weighted by Crippen LogP contribution is 2.64. The van der Waals surface area contributed by atoms with Crippen molar-refractivity contribution >= 4 is 34.1 Å². The molecule has 2 aliphatic carbocycles. The molecule has 0 saturated carbocycles. The van der Waals surface area contributed by atoms with Crippen molar-refractivity contribution in [3.05, 3.63) is 253 Å². The molecular weight excluding hydrogens is 689 g/mol. The zero-order chi connectivity index (χ0) is 42.1. The predicted octanol–water partition coefficient (Wildman–Crippen LogP) is 14.6. The van der Waals surface area contributed by atoms with Crippen molar-refractivity contribution < 1.29 is 6.85 Å². The van der Waals surface area contributed by atoms with Crippen molar-refractivity contribution in [2.45, 2.75) is 5.41 Å². The van der Waals surface area contributed by atoms with Gasteiger partial charge in [-0.05, 0) is 117 Å². The van der Waals surface area contributed by atoms with Gasteiger partial charge in [-0.3, -0.25) is 0 Å². The van der Waals surface area contributed by atoms with Gasteiger partial charge in [-0.2, -0.15) is 0 Å². The average Bonchev–Trinajstić information content (AvgIpc) is 3.79. The largest absolute Gasteiger partial charge is 0.310 e. The summed E-state index contributed by atoms with van der Waals surface area (Å²) in [5, 5.41) is 0. The maximum atomic E-state index is 9.34. The Hall–Kier alpha value is -7.42. The lowest BCUT2D eigenvalue weighted by molar-refractivity contribution is 0.793. The van der Waals surface area contributed by atoms with E-state index in [0.717, 1.165) is 61.6 Å². The first-order valence-corrected chi connectivity index (χ1v) is 19.3. The molecule has 0 aromatic heterocycles. The summed E-state index contributed by atoms with van der Waals surface area (Å²) in [5.41, 5.74) is 14.7. The third kappa shape index (κ3) is 5.11. The number of anilines is 6. The Kier molecular flexibility index (Phi) is 6.60. The summed E-state index contributed by atoms with van der Waals surface area (Å²) < 4.78 is 44.8. The zero-order valence-corrected chi connectivity index (χ0v) is 30.9. The molecule has 268 valence electrons. The number of benzene rings is 9. The summed E-state index contributed by atoms with van der Waals surface area (Å²) in [7, 11) is 0. The minimum atomic E-state index is -0.757. The van der Waals surface area contributed by atoms with Crippen LogP contribution >= 0.6 is 0 Å². The zero-order valence-electron chi connectivity index (χ0n) is 35.9. The Labute approximate surface area is 341 Å². The predicted molar refractivity (Wildman–Crippen MR) is 238 cm³/mol.